The van der Waals surface area contributed by atoms with E-state index >= 15 is 0 Å². The number of rotatable bonds is 5. The average molecular weight is 273 g/mol. The number of nitrogens with one attached hydrogen (secondary N) is 1. The van der Waals surface area contributed by atoms with E-state index in [1.165, 1.54) is 10.2 Å². The van der Waals surface area contributed by atoms with Crippen molar-refractivity contribution in [3.8, 4) is 0 Å². The zero-order chi connectivity index (χ0) is 14.5. The number of benzene rings is 1. The van der Waals surface area contributed by atoms with Gasteiger partial charge in [0.15, 0.2) is 0 Å². The molecule has 1 heterocycles. The Hall–Kier alpha value is -2.21. The number of aromatic nitrogens is 3. The molecule has 1 amide bonds. The molecule has 0 aliphatic carbocycles. The number of carbonyl (C=O) groups is 1. The van der Waals surface area contributed by atoms with Crippen LogP contribution in [0.15, 0.2) is 30.5 Å². The summed E-state index contributed by atoms with van der Waals surface area (Å²) in [6.07, 6.45) is 1.68. The summed E-state index contributed by atoms with van der Waals surface area (Å²) in [6, 6.07) is 8.03. The molecule has 106 valence electrons. The second kappa shape index (κ2) is 6.29. The fourth-order valence-electron chi connectivity index (χ4n) is 1.97. The van der Waals surface area contributed by atoms with E-state index in [1.807, 2.05) is 32.0 Å². The Labute approximate surface area is 118 Å². The first kappa shape index (κ1) is 14.2. The van der Waals surface area contributed by atoms with Crippen LogP contribution in [0.2, 0.25) is 0 Å². The minimum absolute atomic E-state index is 0.0418. The summed E-state index contributed by atoms with van der Waals surface area (Å²) >= 11 is 0. The molecule has 6 heteroatoms. The van der Waals surface area contributed by atoms with Crippen LogP contribution in [-0.4, -0.2) is 20.9 Å². The van der Waals surface area contributed by atoms with Gasteiger partial charge in [0, 0.05) is 6.54 Å². The van der Waals surface area contributed by atoms with Gasteiger partial charge < -0.3 is 11.1 Å². The van der Waals surface area contributed by atoms with E-state index in [4.69, 9.17) is 5.73 Å². The maximum Gasteiger partial charge on any atom is 0.242 e. The quantitative estimate of drug-likeness (QED) is 0.848. The van der Waals surface area contributed by atoms with Crippen LogP contribution in [0, 0.1) is 6.92 Å². The molecule has 3 N–H and O–H groups in total. The molecule has 2 aromatic rings. The first-order valence-corrected chi connectivity index (χ1v) is 6.53. The predicted octanol–water partition coefficient (Wildman–Crippen LogP) is 0.923. The topological polar surface area (TPSA) is 85.8 Å². The zero-order valence-electron chi connectivity index (χ0n) is 11.7. The van der Waals surface area contributed by atoms with Crippen molar-refractivity contribution in [2.45, 2.75) is 33.0 Å². The second-order valence-electron chi connectivity index (χ2n) is 4.81. The number of hydrogen-bond acceptors (Lipinski definition) is 4. The van der Waals surface area contributed by atoms with Crippen LogP contribution in [0.5, 0.6) is 0 Å². The van der Waals surface area contributed by atoms with Crippen LogP contribution in [0.3, 0.4) is 0 Å². The average Bonchev–Trinajstić information content (AvgIpc) is 2.86. The Morgan fingerprint density at radius 2 is 2.30 bits per heavy atom. The van der Waals surface area contributed by atoms with E-state index in [-0.39, 0.29) is 18.5 Å². The number of nitrogens with zero attached hydrogens (tertiary/aromatic N) is 3. The first-order valence-electron chi connectivity index (χ1n) is 6.53. The highest BCUT2D eigenvalue weighted by atomic mass is 16.2. The first-order chi connectivity index (χ1) is 9.58. The molecule has 1 aromatic carbocycles. The molecule has 0 bridgehead atoms. The SMILES string of the molecule is Cc1cccc([C@@H](C)NC(=O)Cn2cc(CN)nn2)c1. The molecule has 0 aliphatic rings. The number of hydrogen-bond donors (Lipinski definition) is 2. The molecule has 0 unspecified atom stereocenters. The maximum atomic E-state index is 11.9. The highest BCUT2D eigenvalue weighted by Gasteiger charge is 2.11. The van der Waals surface area contributed by atoms with E-state index in [0.717, 1.165) is 5.56 Å². The predicted molar refractivity (Wildman–Crippen MR) is 75.7 cm³/mol. The molecular formula is C14H19N5O. The number of aryl methyl sites for hydroxylation is 1. The Bertz CT molecular complexity index is 593. The molecular weight excluding hydrogens is 254 g/mol. The van der Waals surface area contributed by atoms with Gasteiger partial charge in [0.05, 0.1) is 17.9 Å². The van der Waals surface area contributed by atoms with Gasteiger partial charge in [-0.3, -0.25) is 4.79 Å². The van der Waals surface area contributed by atoms with E-state index < -0.39 is 0 Å². The minimum Gasteiger partial charge on any atom is -0.348 e. The molecule has 20 heavy (non-hydrogen) atoms. The van der Waals surface area contributed by atoms with Gasteiger partial charge >= 0.3 is 0 Å². The van der Waals surface area contributed by atoms with Crippen molar-refractivity contribution >= 4 is 5.91 Å². The third-order valence-electron chi connectivity index (χ3n) is 3.02. The Morgan fingerprint density at radius 1 is 1.50 bits per heavy atom. The third-order valence-corrected chi connectivity index (χ3v) is 3.02. The Balaban J connectivity index is 1.94. The highest BCUT2D eigenvalue weighted by Crippen LogP contribution is 2.13. The Kier molecular flexibility index (Phi) is 4.47. The largest absolute Gasteiger partial charge is 0.348 e. The van der Waals surface area contributed by atoms with Gasteiger partial charge in [-0.2, -0.15) is 0 Å². The van der Waals surface area contributed by atoms with Crippen molar-refractivity contribution in [3.05, 3.63) is 47.3 Å². The fraction of sp³-hybridized carbons (Fsp3) is 0.357. The van der Waals surface area contributed by atoms with Crippen molar-refractivity contribution < 1.29 is 4.79 Å². The summed E-state index contributed by atoms with van der Waals surface area (Å²) < 4.78 is 1.49. The summed E-state index contributed by atoms with van der Waals surface area (Å²) in [5, 5.41) is 10.6. The summed E-state index contributed by atoms with van der Waals surface area (Å²) in [4.78, 5) is 11.9. The Morgan fingerprint density at radius 3 is 2.95 bits per heavy atom. The monoisotopic (exact) mass is 273 g/mol. The van der Waals surface area contributed by atoms with Crippen LogP contribution in [0.1, 0.15) is 29.8 Å². The summed E-state index contributed by atoms with van der Waals surface area (Å²) in [6.45, 7) is 4.45. The number of carbonyl (C=O) groups excluding carboxylic acids is 1. The van der Waals surface area contributed by atoms with E-state index in [1.54, 1.807) is 6.20 Å². The molecule has 0 fully saturated rings. The van der Waals surface area contributed by atoms with Gasteiger partial charge in [-0.15, -0.1) is 5.10 Å². The standard InChI is InChI=1S/C14H19N5O/c1-10-4-3-5-12(6-10)11(2)16-14(20)9-19-8-13(7-15)17-18-19/h3-6,8,11H,7,9,15H2,1-2H3,(H,16,20)/t11-/m1/s1. The maximum absolute atomic E-state index is 11.9. The number of nitrogens with two attached hydrogens (primary N) is 1. The molecule has 0 radical (unpaired) electrons. The molecule has 2 rings (SSSR count). The van der Waals surface area contributed by atoms with E-state index in [0.29, 0.717) is 12.2 Å². The van der Waals surface area contributed by atoms with Gasteiger partial charge in [0.25, 0.3) is 0 Å². The second-order valence-corrected chi connectivity index (χ2v) is 4.81. The van der Waals surface area contributed by atoms with Crippen molar-refractivity contribution in [2.75, 3.05) is 0 Å². The summed E-state index contributed by atoms with van der Waals surface area (Å²) in [5.41, 5.74) is 8.38. The fourth-order valence-corrected chi connectivity index (χ4v) is 1.97. The van der Waals surface area contributed by atoms with Crippen LogP contribution in [0.4, 0.5) is 0 Å². The molecule has 1 aromatic heterocycles. The summed E-state index contributed by atoms with van der Waals surface area (Å²) in [5.74, 6) is -0.104. The van der Waals surface area contributed by atoms with Gasteiger partial charge in [-0.1, -0.05) is 35.0 Å². The van der Waals surface area contributed by atoms with E-state index in [9.17, 15) is 4.79 Å². The lowest BCUT2D eigenvalue weighted by atomic mass is 10.1. The van der Waals surface area contributed by atoms with Crippen molar-refractivity contribution in [2.24, 2.45) is 5.73 Å². The van der Waals surface area contributed by atoms with Crippen molar-refractivity contribution in [3.63, 3.8) is 0 Å². The van der Waals surface area contributed by atoms with Gasteiger partial charge in [-0.25, -0.2) is 4.68 Å². The molecule has 0 spiro atoms. The van der Waals surface area contributed by atoms with Crippen molar-refractivity contribution in [1.29, 1.82) is 0 Å². The summed E-state index contributed by atoms with van der Waals surface area (Å²) in [7, 11) is 0. The zero-order valence-corrected chi connectivity index (χ0v) is 11.7. The lowest BCUT2D eigenvalue weighted by molar-refractivity contribution is -0.122. The lowest BCUT2D eigenvalue weighted by Crippen LogP contribution is -2.30. The third kappa shape index (κ3) is 3.64. The molecule has 0 aliphatic heterocycles. The molecule has 0 saturated carbocycles. The van der Waals surface area contributed by atoms with Crippen LogP contribution in [0.25, 0.3) is 0 Å². The van der Waals surface area contributed by atoms with Gasteiger partial charge in [0.2, 0.25) is 5.91 Å². The number of amides is 1. The highest BCUT2D eigenvalue weighted by molar-refractivity contribution is 5.76. The van der Waals surface area contributed by atoms with Gasteiger partial charge in [0.1, 0.15) is 6.54 Å². The van der Waals surface area contributed by atoms with Crippen LogP contribution < -0.4 is 11.1 Å². The minimum atomic E-state index is -0.104. The van der Waals surface area contributed by atoms with Crippen molar-refractivity contribution in [1.82, 2.24) is 20.3 Å². The molecule has 1 atom stereocenters. The smallest absolute Gasteiger partial charge is 0.242 e. The normalized spacial score (nSPS) is 12.2. The molecule has 6 nitrogen and oxygen atoms in total. The van der Waals surface area contributed by atoms with E-state index in [2.05, 4.69) is 21.7 Å². The molecule has 0 saturated heterocycles. The van der Waals surface area contributed by atoms with Crippen LogP contribution in [-0.2, 0) is 17.9 Å². The van der Waals surface area contributed by atoms with Crippen LogP contribution >= 0.6 is 0 Å². The van der Waals surface area contributed by atoms with Gasteiger partial charge in [-0.05, 0) is 19.4 Å². The lowest BCUT2D eigenvalue weighted by Gasteiger charge is -2.14.